The molecule has 1 aliphatic heterocycles. The fourth-order valence-corrected chi connectivity index (χ4v) is 3.85. The molecule has 1 fully saturated rings. The Morgan fingerprint density at radius 3 is 1.75 bits per heavy atom. The molecule has 1 aliphatic rings. The van der Waals surface area contributed by atoms with E-state index in [9.17, 15) is 0 Å². The average Bonchev–Trinajstić information content (AvgIpc) is 2.86. The average molecular weight is 367 g/mol. The molecular weight excluding hydrogens is 332 g/mol. The van der Waals surface area contributed by atoms with Crippen molar-refractivity contribution in [2.75, 3.05) is 38.5 Å². The zero-order chi connectivity index (χ0) is 13.8. The van der Waals surface area contributed by atoms with Crippen LogP contribution in [-0.4, -0.2) is 43.0 Å². The predicted molar refractivity (Wildman–Crippen MR) is 88.8 cm³/mol. The van der Waals surface area contributed by atoms with E-state index in [0.717, 1.165) is 12.3 Å². The number of halogens is 1. The maximum Gasteiger partial charge on any atom is 0.0876 e. The molecule has 0 aromatic carbocycles. The largest absolute Gasteiger partial charge is 1.00 e. The van der Waals surface area contributed by atoms with E-state index in [2.05, 4.69) is 12.6 Å². The van der Waals surface area contributed by atoms with Crippen molar-refractivity contribution >= 4 is 12.6 Å². The molecule has 0 aliphatic carbocycles. The van der Waals surface area contributed by atoms with Crippen molar-refractivity contribution in [3.05, 3.63) is 0 Å². The molecule has 0 amide bonds. The van der Waals surface area contributed by atoms with Gasteiger partial charge in [-0.15, -0.1) is 0 Å². The van der Waals surface area contributed by atoms with Gasteiger partial charge in [0.1, 0.15) is 0 Å². The lowest BCUT2D eigenvalue weighted by Crippen LogP contribution is -3.00. The van der Waals surface area contributed by atoms with Gasteiger partial charge in [-0.2, -0.15) is 12.6 Å². The number of hydrogen-bond acceptors (Lipinski definition) is 2. The summed E-state index contributed by atoms with van der Waals surface area (Å²) in [6, 6.07) is 0. The lowest BCUT2D eigenvalue weighted by Gasteiger charge is -2.34. The number of hydrogen-bond donors (Lipinski definition) is 2. The summed E-state index contributed by atoms with van der Waals surface area (Å²) in [5, 5.41) is 0. The van der Waals surface area contributed by atoms with Gasteiger partial charge in [-0.1, -0.05) is 32.1 Å². The van der Waals surface area contributed by atoms with Crippen molar-refractivity contribution in [3.8, 4) is 0 Å². The van der Waals surface area contributed by atoms with Crippen LogP contribution in [0.1, 0.15) is 64.2 Å². The quantitative estimate of drug-likeness (QED) is 0.295. The molecule has 4 heteroatoms. The van der Waals surface area contributed by atoms with Crippen molar-refractivity contribution < 1.29 is 21.5 Å². The van der Waals surface area contributed by atoms with E-state index in [1.165, 1.54) is 94.9 Å². The van der Waals surface area contributed by atoms with Crippen LogP contribution >= 0.6 is 12.6 Å². The van der Waals surface area contributed by atoms with Crippen LogP contribution in [0.3, 0.4) is 0 Å². The van der Waals surface area contributed by atoms with E-state index in [0.29, 0.717) is 0 Å². The van der Waals surface area contributed by atoms with Gasteiger partial charge in [-0.3, -0.25) is 0 Å². The third-order valence-electron chi connectivity index (χ3n) is 4.68. The van der Waals surface area contributed by atoms with E-state index in [-0.39, 0.29) is 17.0 Å². The second-order valence-electron chi connectivity index (χ2n) is 6.28. The van der Waals surface area contributed by atoms with Crippen molar-refractivity contribution in [2.24, 2.45) is 5.73 Å². The zero-order valence-corrected chi connectivity index (χ0v) is 15.6. The Hall–Kier alpha value is 0.750. The number of likely N-dealkylation sites (tertiary alicyclic amines) is 1. The molecule has 20 heavy (non-hydrogen) atoms. The van der Waals surface area contributed by atoms with Crippen LogP contribution in [0, 0.1) is 0 Å². The fourth-order valence-electron chi connectivity index (χ4n) is 3.43. The normalized spacial score (nSPS) is 17.1. The minimum Gasteiger partial charge on any atom is -1.00 e. The molecule has 0 spiro atoms. The van der Waals surface area contributed by atoms with Crippen LogP contribution in [0.15, 0.2) is 0 Å². The Bertz CT molecular complexity index is 209. The van der Waals surface area contributed by atoms with Gasteiger partial charge < -0.3 is 27.2 Å². The molecule has 1 heterocycles. The number of thiol groups is 1. The fraction of sp³-hybridized carbons (Fsp3) is 1.00. The van der Waals surface area contributed by atoms with Gasteiger partial charge in [-0.25, -0.2) is 0 Å². The Balaban J connectivity index is 0.00000361. The highest BCUT2D eigenvalue weighted by Crippen LogP contribution is 2.21. The monoisotopic (exact) mass is 366 g/mol. The van der Waals surface area contributed by atoms with Gasteiger partial charge in [0.2, 0.25) is 0 Å². The van der Waals surface area contributed by atoms with Gasteiger partial charge in [0.15, 0.2) is 0 Å². The number of nitrogens with zero attached hydrogens (tertiary/aromatic N) is 1. The van der Waals surface area contributed by atoms with E-state index >= 15 is 0 Å². The molecule has 122 valence electrons. The first-order valence-electron chi connectivity index (χ1n) is 8.49. The van der Waals surface area contributed by atoms with Crippen LogP contribution in [0.25, 0.3) is 0 Å². The number of quaternary nitrogens is 1. The topological polar surface area (TPSA) is 26.0 Å². The van der Waals surface area contributed by atoms with Crippen molar-refractivity contribution in [1.82, 2.24) is 0 Å². The molecule has 1 rings (SSSR count). The van der Waals surface area contributed by atoms with Crippen LogP contribution < -0.4 is 22.7 Å². The Kier molecular flexibility index (Phi) is 13.9. The van der Waals surface area contributed by atoms with Gasteiger partial charge in [0, 0.05) is 18.6 Å². The van der Waals surface area contributed by atoms with Crippen LogP contribution in [-0.2, 0) is 0 Å². The molecule has 1 saturated heterocycles. The lowest BCUT2D eigenvalue weighted by atomic mass is 10.1. The molecule has 2 N–H and O–H groups in total. The zero-order valence-electron chi connectivity index (χ0n) is 13.2. The SMILES string of the molecule is NCCCCCCCCCC[N+]1(CCS)CCCC1.[Br-]. The molecule has 0 bridgehead atoms. The molecule has 2 nitrogen and oxygen atoms in total. The van der Waals surface area contributed by atoms with Crippen molar-refractivity contribution in [1.29, 1.82) is 0 Å². The maximum absolute atomic E-state index is 5.50. The summed E-state index contributed by atoms with van der Waals surface area (Å²) in [5.41, 5.74) is 5.50. The first-order valence-corrected chi connectivity index (χ1v) is 9.12. The van der Waals surface area contributed by atoms with Crippen molar-refractivity contribution in [2.45, 2.75) is 64.2 Å². The summed E-state index contributed by atoms with van der Waals surface area (Å²) >= 11 is 4.44. The van der Waals surface area contributed by atoms with E-state index in [1.54, 1.807) is 0 Å². The standard InChI is InChI=1S/C16H34N2S.BrH/c17-11-7-5-3-1-2-4-6-8-12-18(15-16-19)13-9-10-14-18;/h1-17H2;1H. The summed E-state index contributed by atoms with van der Waals surface area (Å²) in [7, 11) is 0. The van der Waals surface area contributed by atoms with Gasteiger partial charge in [-0.05, 0) is 25.8 Å². The first kappa shape index (κ1) is 20.8. The minimum absolute atomic E-state index is 0. The van der Waals surface area contributed by atoms with Crippen LogP contribution in [0.4, 0.5) is 0 Å². The van der Waals surface area contributed by atoms with Crippen molar-refractivity contribution in [3.63, 3.8) is 0 Å². The summed E-state index contributed by atoms with van der Waals surface area (Å²) in [6.45, 7) is 6.40. The molecule has 0 radical (unpaired) electrons. The summed E-state index contributed by atoms with van der Waals surface area (Å²) in [5.74, 6) is 1.06. The molecular formula is C16H35BrN2S. The Labute approximate surface area is 142 Å². The Morgan fingerprint density at radius 2 is 1.25 bits per heavy atom. The van der Waals surface area contributed by atoms with Crippen LogP contribution in [0.2, 0.25) is 0 Å². The molecule has 0 unspecified atom stereocenters. The molecule has 0 aromatic heterocycles. The summed E-state index contributed by atoms with van der Waals surface area (Å²) in [6.07, 6.45) is 13.9. The lowest BCUT2D eigenvalue weighted by molar-refractivity contribution is -0.914. The third-order valence-corrected chi connectivity index (χ3v) is 4.88. The Morgan fingerprint density at radius 1 is 0.750 bits per heavy atom. The number of unbranched alkanes of at least 4 members (excludes halogenated alkanes) is 7. The second kappa shape index (κ2) is 13.4. The second-order valence-corrected chi connectivity index (χ2v) is 6.73. The molecule has 0 aromatic rings. The van der Waals surface area contributed by atoms with Gasteiger partial charge in [0.25, 0.3) is 0 Å². The highest BCUT2D eigenvalue weighted by atomic mass is 79.9. The van der Waals surface area contributed by atoms with E-state index in [4.69, 9.17) is 5.73 Å². The van der Waals surface area contributed by atoms with E-state index in [1.807, 2.05) is 0 Å². The highest BCUT2D eigenvalue weighted by molar-refractivity contribution is 7.80. The highest BCUT2D eigenvalue weighted by Gasteiger charge is 2.30. The first-order chi connectivity index (χ1) is 9.33. The summed E-state index contributed by atoms with van der Waals surface area (Å²) < 4.78 is 1.38. The smallest absolute Gasteiger partial charge is 0.0876 e. The molecule has 0 atom stereocenters. The third kappa shape index (κ3) is 8.91. The minimum atomic E-state index is 0. The van der Waals surface area contributed by atoms with Gasteiger partial charge in [0.05, 0.1) is 26.2 Å². The molecule has 0 saturated carbocycles. The predicted octanol–water partition coefficient (Wildman–Crippen LogP) is 0.610. The number of nitrogens with two attached hydrogens (primary N) is 1. The van der Waals surface area contributed by atoms with E-state index < -0.39 is 0 Å². The van der Waals surface area contributed by atoms with Crippen LogP contribution in [0.5, 0.6) is 0 Å². The summed E-state index contributed by atoms with van der Waals surface area (Å²) in [4.78, 5) is 0. The maximum atomic E-state index is 5.50. The number of rotatable bonds is 12. The van der Waals surface area contributed by atoms with Gasteiger partial charge >= 0.3 is 0 Å².